The lowest BCUT2D eigenvalue weighted by Gasteiger charge is -2.22. The van der Waals surface area contributed by atoms with E-state index in [1.807, 2.05) is 35.9 Å². The van der Waals surface area contributed by atoms with Crippen molar-refractivity contribution in [3.63, 3.8) is 0 Å². The number of aromatic nitrogens is 2. The minimum atomic E-state index is -0.547. The van der Waals surface area contributed by atoms with Gasteiger partial charge in [-0.1, -0.05) is 42.5 Å². The summed E-state index contributed by atoms with van der Waals surface area (Å²) >= 11 is 0. The molecule has 0 aliphatic heterocycles. The molecular weight excluding hydrogens is 532 g/mol. The molecule has 4 rings (SSSR count). The van der Waals surface area contributed by atoms with E-state index in [2.05, 4.69) is 5.32 Å². The molecule has 0 aliphatic rings. The number of nitrogens with zero attached hydrogens (tertiary/aromatic N) is 3. The van der Waals surface area contributed by atoms with Crippen LogP contribution in [0.1, 0.15) is 34.2 Å². The van der Waals surface area contributed by atoms with Crippen LogP contribution in [0.3, 0.4) is 0 Å². The van der Waals surface area contributed by atoms with E-state index in [-0.39, 0.29) is 43.8 Å². The Hall–Kier alpha value is -4.70. The maximum absolute atomic E-state index is 13.6. The van der Waals surface area contributed by atoms with Crippen LogP contribution in [-0.4, -0.2) is 52.9 Å². The van der Waals surface area contributed by atoms with Crippen molar-refractivity contribution in [2.24, 2.45) is 12.8 Å². The normalized spacial score (nSPS) is 10.4. The average molecular weight is 563 g/mol. The van der Waals surface area contributed by atoms with Crippen LogP contribution in [0, 0.1) is 5.41 Å². The summed E-state index contributed by atoms with van der Waals surface area (Å²) in [6, 6.07) is 21.6. The van der Waals surface area contributed by atoms with Gasteiger partial charge < -0.3 is 20.4 Å². The second-order valence-electron chi connectivity index (χ2n) is 8.89. The standard InChI is InChI=1S/C29H30N6O4.ClH/c1-3-39-27(37)17-32-26(36)18-35(22-7-5-4-6-8-22)29(38)21-13-14-24-23(16-21)33-25(34(24)2)15-19-9-11-20(12-10-19)28(30)31;/h4-14,16H,3,15,17-18H2,1-2H3,(H3,30,31)(H,32,36);1H. The Labute approximate surface area is 238 Å². The number of benzene rings is 3. The summed E-state index contributed by atoms with van der Waals surface area (Å²) in [7, 11) is 1.92. The Morgan fingerprint density at radius 1 is 1.02 bits per heavy atom. The minimum absolute atomic E-state index is 0. The lowest BCUT2D eigenvalue weighted by molar-refractivity contribution is -0.143. The number of carbonyl (C=O) groups excluding carboxylic acids is 3. The van der Waals surface area contributed by atoms with Crippen molar-refractivity contribution in [1.82, 2.24) is 14.9 Å². The van der Waals surface area contributed by atoms with E-state index >= 15 is 0 Å². The van der Waals surface area contributed by atoms with E-state index in [0.29, 0.717) is 28.8 Å². The molecule has 4 N–H and O–H groups in total. The van der Waals surface area contributed by atoms with Gasteiger partial charge in [0, 0.05) is 30.3 Å². The van der Waals surface area contributed by atoms with Gasteiger partial charge in [0.1, 0.15) is 24.7 Å². The Morgan fingerprint density at radius 2 is 1.70 bits per heavy atom. The number of rotatable bonds is 10. The van der Waals surface area contributed by atoms with Gasteiger partial charge in [-0.3, -0.25) is 24.7 Å². The van der Waals surface area contributed by atoms with E-state index in [9.17, 15) is 14.4 Å². The number of ether oxygens (including phenoxy) is 1. The van der Waals surface area contributed by atoms with Crippen LogP contribution in [-0.2, 0) is 27.8 Å². The lowest BCUT2D eigenvalue weighted by Crippen LogP contribution is -2.42. The third kappa shape index (κ3) is 7.03. The molecule has 0 unspecified atom stereocenters. The van der Waals surface area contributed by atoms with Crippen molar-refractivity contribution >= 4 is 52.7 Å². The van der Waals surface area contributed by atoms with Gasteiger partial charge in [0.05, 0.1) is 17.6 Å². The molecule has 1 heterocycles. The number of carbonyl (C=O) groups is 3. The molecule has 0 spiro atoms. The molecule has 0 bridgehead atoms. The number of amides is 2. The zero-order chi connectivity index (χ0) is 27.9. The van der Waals surface area contributed by atoms with Gasteiger partial charge in [0.15, 0.2) is 0 Å². The maximum Gasteiger partial charge on any atom is 0.325 e. The first-order chi connectivity index (χ1) is 18.8. The predicted molar refractivity (Wildman–Crippen MR) is 156 cm³/mol. The van der Waals surface area contributed by atoms with Crippen LogP contribution in [0.15, 0.2) is 72.8 Å². The second kappa shape index (κ2) is 13.4. The van der Waals surface area contributed by atoms with Crippen LogP contribution in [0.2, 0.25) is 0 Å². The van der Waals surface area contributed by atoms with Crippen molar-refractivity contribution in [3.05, 3.63) is 95.3 Å². The molecule has 1 aromatic heterocycles. The number of hydrogen-bond acceptors (Lipinski definition) is 6. The van der Waals surface area contributed by atoms with E-state index in [1.165, 1.54) is 4.90 Å². The molecule has 40 heavy (non-hydrogen) atoms. The predicted octanol–water partition coefficient (Wildman–Crippen LogP) is 3.20. The SMILES string of the molecule is CCOC(=O)CNC(=O)CN(C(=O)c1ccc2c(c1)nc(Cc1ccc(C(=N)N)cc1)n2C)c1ccccc1.Cl. The molecule has 0 radical (unpaired) electrons. The number of fused-ring (bicyclic) bond motifs is 1. The van der Waals surface area contributed by atoms with Gasteiger partial charge in [-0.25, -0.2) is 4.98 Å². The number of aryl methyl sites for hydroxylation is 1. The molecule has 4 aromatic rings. The zero-order valence-electron chi connectivity index (χ0n) is 22.2. The van der Waals surface area contributed by atoms with Crippen LogP contribution in [0.5, 0.6) is 0 Å². The lowest BCUT2D eigenvalue weighted by atomic mass is 10.1. The number of nitrogen functional groups attached to an aromatic ring is 1. The van der Waals surface area contributed by atoms with Crippen molar-refractivity contribution in [2.45, 2.75) is 13.3 Å². The summed E-state index contributed by atoms with van der Waals surface area (Å²) < 4.78 is 6.82. The molecule has 0 atom stereocenters. The van der Waals surface area contributed by atoms with Gasteiger partial charge in [0.2, 0.25) is 5.91 Å². The Balaban J connectivity index is 0.00000441. The number of para-hydroxylation sites is 1. The van der Waals surface area contributed by atoms with Gasteiger partial charge in [-0.05, 0) is 42.8 Å². The summed E-state index contributed by atoms with van der Waals surface area (Å²) in [6.07, 6.45) is 0.559. The molecule has 0 fully saturated rings. The summed E-state index contributed by atoms with van der Waals surface area (Å²) in [5.74, 6) is -0.584. The highest BCUT2D eigenvalue weighted by molar-refractivity contribution is 6.10. The van der Waals surface area contributed by atoms with Gasteiger partial charge in [-0.2, -0.15) is 0 Å². The number of nitrogens with one attached hydrogen (secondary N) is 2. The van der Waals surface area contributed by atoms with Crippen molar-refractivity contribution in [1.29, 1.82) is 5.41 Å². The highest BCUT2D eigenvalue weighted by atomic mass is 35.5. The summed E-state index contributed by atoms with van der Waals surface area (Å²) in [6.45, 7) is 1.35. The number of imidazole rings is 1. The first kappa shape index (κ1) is 29.9. The van der Waals surface area contributed by atoms with Crippen LogP contribution in [0.4, 0.5) is 5.69 Å². The van der Waals surface area contributed by atoms with Crippen LogP contribution in [0.25, 0.3) is 11.0 Å². The maximum atomic E-state index is 13.6. The third-order valence-electron chi connectivity index (χ3n) is 6.20. The molecular formula is C29H31ClN6O4. The van der Waals surface area contributed by atoms with Gasteiger partial charge in [-0.15, -0.1) is 12.4 Å². The largest absolute Gasteiger partial charge is 0.465 e. The van der Waals surface area contributed by atoms with E-state index in [0.717, 1.165) is 16.9 Å². The number of hydrogen-bond donors (Lipinski definition) is 3. The van der Waals surface area contributed by atoms with E-state index < -0.39 is 11.9 Å². The first-order valence-electron chi connectivity index (χ1n) is 12.4. The molecule has 0 saturated heterocycles. The monoisotopic (exact) mass is 562 g/mol. The zero-order valence-corrected chi connectivity index (χ0v) is 23.0. The van der Waals surface area contributed by atoms with Gasteiger partial charge >= 0.3 is 5.97 Å². The Kier molecular flexibility index (Phi) is 9.99. The minimum Gasteiger partial charge on any atom is -0.465 e. The molecule has 0 saturated carbocycles. The summed E-state index contributed by atoms with van der Waals surface area (Å²) in [5.41, 5.74) is 9.65. The number of halogens is 1. The van der Waals surface area contributed by atoms with E-state index in [1.54, 1.807) is 55.5 Å². The Morgan fingerprint density at radius 3 is 2.35 bits per heavy atom. The fourth-order valence-electron chi connectivity index (χ4n) is 4.15. The highest BCUT2D eigenvalue weighted by Gasteiger charge is 2.22. The van der Waals surface area contributed by atoms with Crippen LogP contribution >= 0.6 is 12.4 Å². The third-order valence-corrected chi connectivity index (χ3v) is 6.20. The number of amidine groups is 1. The number of esters is 1. The second-order valence-corrected chi connectivity index (χ2v) is 8.89. The van der Waals surface area contributed by atoms with Crippen molar-refractivity contribution in [2.75, 3.05) is 24.6 Å². The molecule has 3 aromatic carbocycles. The quantitative estimate of drug-likeness (QED) is 0.154. The van der Waals surface area contributed by atoms with Crippen molar-refractivity contribution in [3.8, 4) is 0 Å². The summed E-state index contributed by atoms with van der Waals surface area (Å²) in [5, 5.41) is 10.1. The topological polar surface area (TPSA) is 143 Å². The fourth-order valence-corrected chi connectivity index (χ4v) is 4.15. The first-order valence-corrected chi connectivity index (χ1v) is 12.4. The highest BCUT2D eigenvalue weighted by Crippen LogP contribution is 2.22. The molecule has 0 aliphatic carbocycles. The van der Waals surface area contributed by atoms with E-state index in [4.69, 9.17) is 20.9 Å². The molecule has 2 amide bonds. The summed E-state index contributed by atoms with van der Waals surface area (Å²) in [4.78, 5) is 44.0. The molecule has 11 heteroatoms. The van der Waals surface area contributed by atoms with Crippen molar-refractivity contribution < 1.29 is 19.1 Å². The van der Waals surface area contributed by atoms with Crippen LogP contribution < -0.4 is 16.0 Å². The van der Waals surface area contributed by atoms with Gasteiger partial charge in [0.25, 0.3) is 5.91 Å². The fraction of sp³-hybridized carbons (Fsp3) is 0.207. The molecule has 208 valence electrons. The average Bonchev–Trinajstić information content (AvgIpc) is 3.25. The smallest absolute Gasteiger partial charge is 0.325 e. The molecule has 10 nitrogen and oxygen atoms in total. The Bertz CT molecular complexity index is 1520. The number of anilines is 1. The number of nitrogens with two attached hydrogens (primary N) is 1.